The molecule has 1 aliphatic heterocycles. The van der Waals surface area contributed by atoms with E-state index in [9.17, 15) is 14.7 Å². The van der Waals surface area contributed by atoms with Crippen molar-refractivity contribution in [3.8, 4) is 11.5 Å². The van der Waals surface area contributed by atoms with Gasteiger partial charge in [0, 0.05) is 12.6 Å². The van der Waals surface area contributed by atoms with Crippen LogP contribution in [-0.2, 0) is 9.59 Å². The molecular weight excluding hydrogens is 430 g/mol. The first kappa shape index (κ1) is 23.7. The van der Waals surface area contributed by atoms with Crippen LogP contribution in [0.15, 0.2) is 42.0 Å². The lowest BCUT2D eigenvalue weighted by Crippen LogP contribution is -2.30. The van der Waals surface area contributed by atoms with E-state index >= 15 is 0 Å². The lowest BCUT2D eigenvalue weighted by molar-refractivity contribution is -0.139. The number of hydrogen-bond donors (Lipinski definition) is 1. The number of aliphatic hydroxyl groups is 1. The van der Waals surface area contributed by atoms with Crippen molar-refractivity contribution < 1.29 is 24.2 Å². The molecule has 2 aromatic carbocycles. The molecule has 1 saturated heterocycles. The Morgan fingerprint density at radius 2 is 1.81 bits per heavy atom. The van der Waals surface area contributed by atoms with Crippen LogP contribution < -0.4 is 9.47 Å². The highest BCUT2D eigenvalue weighted by Crippen LogP contribution is 2.43. The molecule has 170 valence electrons. The Labute approximate surface area is 193 Å². The fourth-order valence-electron chi connectivity index (χ4n) is 4.02. The predicted molar refractivity (Wildman–Crippen MR) is 124 cm³/mol. The van der Waals surface area contributed by atoms with Gasteiger partial charge in [0.2, 0.25) is 0 Å². The first-order valence-electron chi connectivity index (χ1n) is 10.6. The molecule has 7 heteroatoms. The van der Waals surface area contributed by atoms with Gasteiger partial charge in [-0.15, -0.1) is 0 Å². The van der Waals surface area contributed by atoms with Gasteiger partial charge in [0.05, 0.1) is 36.4 Å². The van der Waals surface area contributed by atoms with Crippen molar-refractivity contribution >= 4 is 29.1 Å². The molecule has 0 radical (unpaired) electrons. The van der Waals surface area contributed by atoms with E-state index in [-0.39, 0.29) is 27.7 Å². The number of unbranched alkanes of at least 4 members (excludes halogenated alkanes) is 2. The summed E-state index contributed by atoms with van der Waals surface area (Å²) in [4.78, 5) is 27.7. The Bertz CT molecular complexity index is 1060. The number of rotatable bonds is 8. The Kier molecular flexibility index (Phi) is 7.46. The number of carbonyl (C=O) groups excluding carboxylic acids is 2. The lowest BCUT2D eigenvalue weighted by atomic mass is 9.94. The van der Waals surface area contributed by atoms with Gasteiger partial charge < -0.3 is 19.5 Å². The molecule has 32 heavy (non-hydrogen) atoms. The fourth-order valence-corrected chi connectivity index (χ4v) is 4.26. The molecule has 1 N–H and O–H groups in total. The van der Waals surface area contributed by atoms with Gasteiger partial charge in [0.25, 0.3) is 11.7 Å². The van der Waals surface area contributed by atoms with Gasteiger partial charge in [-0.3, -0.25) is 9.59 Å². The minimum atomic E-state index is -0.723. The average Bonchev–Trinajstić information content (AvgIpc) is 3.03. The van der Waals surface area contributed by atoms with Gasteiger partial charge in [0.1, 0.15) is 17.3 Å². The van der Waals surface area contributed by atoms with Crippen molar-refractivity contribution in [3.05, 3.63) is 63.7 Å². The molecular formula is C25H28ClNO5. The Hall–Kier alpha value is -2.99. The summed E-state index contributed by atoms with van der Waals surface area (Å²) in [6, 6.07) is 9.93. The van der Waals surface area contributed by atoms with Gasteiger partial charge in [-0.05, 0) is 25.0 Å². The van der Waals surface area contributed by atoms with Crippen LogP contribution in [0.25, 0.3) is 5.76 Å². The monoisotopic (exact) mass is 457 g/mol. The van der Waals surface area contributed by atoms with Crippen molar-refractivity contribution in [2.24, 2.45) is 0 Å². The van der Waals surface area contributed by atoms with Crippen LogP contribution in [0.2, 0.25) is 5.02 Å². The number of carbonyl (C=O) groups is 2. The minimum Gasteiger partial charge on any atom is -0.507 e. The summed E-state index contributed by atoms with van der Waals surface area (Å²) >= 11 is 6.29. The summed E-state index contributed by atoms with van der Waals surface area (Å²) in [5.74, 6) is -1.01. The fraction of sp³-hybridized carbons (Fsp3) is 0.360. The molecule has 3 rings (SSSR count). The van der Waals surface area contributed by atoms with E-state index < -0.39 is 17.7 Å². The van der Waals surface area contributed by atoms with Gasteiger partial charge in [-0.1, -0.05) is 61.2 Å². The van der Waals surface area contributed by atoms with Gasteiger partial charge >= 0.3 is 0 Å². The Balaban J connectivity index is 2.21. The summed E-state index contributed by atoms with van der Waals surface area (Å²) in [6.07, 6.45) is 2.69. The highest BCUT2D eigenvalue weighted by atomic mass is 35.5. The van der Waals surface area contributed by atoms with Crippen LogP contribution in [0, 0.1) is 6.92 Å². The first-order valence-corrected chi connectivity index (χ1v) is 11.0. The zero-order chi connectivity index (χ0) is 23.4. The molecule has 1 heterocycles. The Morgan fingerprint density at radius 3 is 2.44 bits per heavy atom. The maximum Gasteiger partial charge on any atom is 0.295 e. The van der Waals surface area contributed by atoms with Crippen LogP contribution in [-0.4, -0.2) is 42.5 Å². The number of Topliss-reactive ketones (excluding diaryl/α,β-unsaturated/α-hetero) is 1. The van der Waals surface area contributed by atoms with E-state index in [2.05, 4.69) is 6.92 Å². The number of methoxy groups -OCH3 is 2. The van der Waals surface area contributed by atoms with Crippen LogP contribution in [0.4, 0.5) is 0 Å². The number of aryl methyl sites for hydroxylation is 1. The normalized spacial score (nSPS) is 17.7. The smallest absolute Gasteiger partial charge is 0.295 e. The molecule has 2 aromatic rings. The standard InChI is InChI=1S/C25H28ClNO5/c1-5-6-7-11-27-22(16-10-8-9-15(2)12-16)21(24(29)25(27)30)23(28)17-13-18(26)20(32-4)14-19(17)31-3/h8-10,12-14,22,28H,5-7,11H2,1-4H3/b23-21+. The number of amides is 1. The average molecular weight is 458 g/mol. The summed E-state index contributed by atoms with van der Waals surface area (Å²) in [6.45, 7) is 4.44. The van der Waals surface area contributed by atoms with Gasteiger partial charge in [-0.2, -0.15) is 0 Å². The summed E-state index contributed by atoms with van der Waals surface area (Å²) in [5, 5.41) is 11.5. The van der Waals surface area contributed by atoms with Crippen molar-refractivity contribution in [1.82, 2.24) is 4.90 Å². The van der Waals surface area contributed by atoms with Crippen LogP contribution >= 0.6 is 11.6 Å². The Morgan fingerprint density at radius 1 is 1.09 bits per heavy atom. The molecule has 0 bridgehead atoms. The molecule has 0 saturated carbocycles. The molecule has 0 aliphatic carbocycles. The third kappa shape index (κ3) is 4.46. The molecule has 1 amide bonds. The van der Waals surface area contributed by atoms with Crippen molar-refractivity contribution in [2.45, 2.75) is 39.2 Å². The molecule has 0 spiro atoms. The third-order valence-electron chi connectivity index (χ3n) is 5.63. The van der Waals surface area contributed by atoms with E-state index in [1.54, 1.807) is 4.90 Å². The second-order valence-electron chi connectivity index (χ2n) is 7.80. The molecule has 1 unspecified atom stereocenters. The van der Waals surface area contributed by atoms with E-state index in [1.807, 2.05) is 31.2 Å². The van der Waals surface area contributed by atoms with Crippen LogP contribution in [0.5, 0.6) is 11.5 Å². The second kappa shape index (κ2) is 10.1. The van der Waals surface area contributed by atoms with Gasteiger partial charge in [-0.25, -0.2) is 0 Å². The largest absolute Gasteiger partial charge is 0.507 e. The zero-order valence-electron chi connectivity index (χ0n) is 18.8. The number of ketones is 1. The quantitative estimate of drug-likeness (QED) is 0.252. The SMILES string of the molecule is CCCCCN1C(=O)C(=O)/C(=C(/O)c2cc(Cl)c(OC)cc2OC)C1c1cccc(C)c1. The number of likely N-dealkylation sites (tertiary alicyclic amines) is 1. The molecule has 6 nitrogen and oxygen atoms in total. The lowest BCUT2D eigenvalue weighted by Gasteiger charge is -2.25. The highest BCUT2D eigenvalue weighted by molar-refractivity contribution is 6.46. The van der Waals surface area contributed by atoms with Crippen molar-refractivity contribution in [3.63, 3.8) is 0 Å². The molecule has 1 aliphatic rings. The number of nitrogens with zero attached hydrogens (tertiary/aromatic N) is 1. The first-order chi connectivity index (χ1) is 15.3. The van der Waals surface area contributed by atoms with Crippen LogP contribution in [0.3, 0.4) is 0 Å². The summed E-state index contributed by atoms with van der Waals surface area (Å²) in [7, 11) is 2.92. The topological polar surface area (TPSA) is 76.1 Å². The van der Waals surface area contributed by atoms with E-state index in [0.29, 0.717) is 12.3 Å². The zero-order valence-corrected chi connectivity index (χ0v) is 19.5. The molecule has 0 aromatic heterocycles. The van der Waals surface area contributed by atoms with E-state index in [1.165, 1.54) is 26.4 Å². The predicted octanol–water partition coefficient (Wildman–Crippen LogP) is 5.28. The maximum absolute atomic E-state index is 13.1. The number of halogens is 1. The third-order valence-corrected chi connectivity index (χ3v) is 5.92. The van der Waals surface area contributed by atoms with E-state index in [0.717, 1.165) is 30.4 Å². The maximum atomic E-state index is 13.1. The minimum absolute atomic E-state index is 0.0247. The highest BCUT2D eigenvalue weighted by Gasteiger charge is 2.46. The van der Waals surface area contributed by atoms with Crippen molar-refractivity contribution in [2.75, 3.05) is 20.8 Å². The summed E-state index contributed by atoms with van der Waals surface area (Å²) in [5.41, 5.74) is 2.01. The molecule has 1 fully saturated rings. The number of ether oxygens (including phenoxy) is 2. The van der Waals surface area contributed by atoms with E-state index in [4.69, 9.17) is 21.1 Å². The number of aliphatic hydroxyl groups excluding tert-OH is 1. The van der Waals surface area contributed by atoms with Crippen LogP contribution in [0.1, 0.15) is 48.9 Å². The summed E-state index contributed by atoms with van der Waals surface area (Å²) < 4.78 is 10.6. The van der Waals surface area contributed by atoms with Crippen molar-refractivity contribution in [1.29, 1.82) is 0 Å². The number of benzene rings is 2. The molecule has 1 atom stereocenters. The van der Waals surface area contributed by atoms with Gasteiger partial charge in [0.15, 0.2) is 0 Å². The second-order valence-corrected chi connectivity index (χ2v) is 8.21. The number of hydrogen-bond acceptors (Lipinski definition) is 5.